The number of halogens is 4. The monoisotopic (exact) mass is 312 g/mol. The molecule has 0 aliphatic carbocycles. The smallest absolute Gasteiger partial charge is 0.213 e. The SMILES string of the molecule is N#CCc1cc(F)nc(I)c1C(F)F. The molecule has 0 aromatic carbocycles. The van der Waals surface area contributed by atoms with E-state index in [9.17, 15) is 13.2 Å². The van der Waals surface area contributed by atoms with Crippen LogP contribution in [0.5, 0.6) is 0 Å². The normalized spacial score (nSPS) is 10.3. The van der Waals surface area contributed by atoms with Gasteiger partial charge in [-0.15, -0.1) is 0 Å². The van der Waals surface area contributed by atoms with Gasteiger partial charge in [0.15, 0.2) is 0 Å². The molecule has 1 rings (SSSR count). The van der Waals surface area contributed by atoms with Gasteiger partial charge >= 0.3 is 0 Å². The lowest BCUT2D eigenvalue weighted by atomic mass is 10.1. The first-order valence-corrected chi connectivity index (χ1v) is 4.64. The van der Waals surface area contributed by atoms with Gasteiger partial charge in [0.05, 0.1) is 18.1 Å². The lowest BCUT2D eigenvalue weighted by Gasteiger charge is -2.07. The van der Waals surface area contributed by atoms with E-state index in [4.69, 9.17) is 5.26 Å². The fraction of sp³-hybridized carbons (Fsp3) is 0.250. The summed E-state index contributed by atoms with van der Waals surface area (Å²) in [7, 11) is 0. The van der Waals surface area contributed by atoms with Gasteiger partial charge in [0, 0.05) is 0 Å². The second-order valence-electron chi connectivity index (χ2n) is 2.44. The lowest BCUT2D eigenvalue weighted by Crippen LogP contribution is -2.02. The van der Waals surface area contributed by atoms with Gasteiger partial charge in [-0.05, 0) is 34.2 Å². The van der Waals surface area contributed by atoms with Crippen LogP contribution in [0.25, 0.3) is 0 Å². The highest BCUT2D eigenvalue weighted by Gasteiger charge is 2.19. The van der Waals surface area contributed by atoms with Crippen molar-refractivity contribution in [3.05, 3.63) is 26.8 Å². The van der Waals surface area contributed by atoms with E-state index in [0.29, 0.717) is 0 Å². The van der Waals surface area contributed by atoms with E-state index in [-0.39, 0.29) is 21.2 Å². The van der Waals surface area contributed by atoms with E-state index in [1.807, 2.05) is 0 Å². The summed E-state index contributed by atoms with van der Waals surface area (Å²) < 4.78 is 37.6. The molecule has 0 saturated carbocycles. The summed E-state index contributed by atoms with van der Waals surface area (Å²) in [5, 5.41) is 8.37. The Morgan fingerprint density at radius 1 is 1.57 bits per heavy atom. The Morgan fingerprint density at radius 3 is 2.71 bits per heavy atom. The average Bonchev–Trinajstić information content (AvgIpc) is 2.01. The van der Waals surface area contributed by atoms with Crippen molar-refractivity contribution in [2.75, 3.05) is 0 Å². The molecule has 0 fully saturated rings. The summed E-state index contributed by atoms with van der Waals surface area (Å²) in [5.41, 5.74) is -0.354. The van der Waals surface area contributed by atoms with Gasteiger partial charge in [0.25, 0.3) is 6.43 Å². The van der Waals surface area contributed by atoms with Crippen molar-refractivity contribution in [2.24, 2.45) is 0 Å². The summed E-state index contributed by atoms with van der Waals surface area (Å²) in [5.74, 6) is -0.843. The van der Waals surface area contributed by atoms with Crippen LogP contribution in [-0.2, 0) is 6.42 Å². The average molecular weight is 312 g/mol. The molecule has 14 heavy (non-hydrogen) atoms. The van der Waals surface area contributed by atoms with E-state index in [1.54, 1.807) is 6.07 Å². The molecule has 0 amide bonds. The van der Waals surface area contributed by atoms with E-state index in [0.717, 1.165) is 6.07 Å². The minimum Gasteiger partial charge on any atom is -0.213 e. The third kappa shape index (κ3) is 2.35. The van der Waals surface area contributed by atoms with Crippen LogP contribution >= 0.6 is 22.6 Å². The molecule has 1 heterocycles. The van der Waals surface area contributed by atoms with Crippen LogP contribution in [0, 0.1) is 21.0 Å². The maximum absolute atomic E-state index is 12.7. The van der Waals surface area contributed by atoms with Crippen LogP contribution in [0.2, 0.25) is 0 Å². The molecule has 0 atom stereocenters. The molecule has 0 radical (unpaired) electrons. The zero-order chi connectivity index (χ0) is 10.7. The Balaban J connectivity index is 3.30. The van der Waals surface area contributed by atoms with Crippen LogP contribution in [-0.4, -0.2) is 4.98 Å². The van der Waals surface area contributed by atoms with Crippen LogP contribution < -0.4 is 0 Å². The number of hydrogen-bond donors (Lipinski definition) is 0. The maximum atomic E-state index is 12.7. The van der Waals surface area contributed by atoms with Gasteiger partial charge in [-0.25, -0.2) is 13.8 Å². The molecule has 0 bridgehead atoms. The molecular weight excluding hydrogens is 308 g/mol. The van der Waals surface area contributed by atoms with E-state index >= 15 is 0 Å². The zero-order valence-electron chi connectivity index (χ0n) is 6.77. The second-order valence-corrected chi connectivity index (χ2v) is 3.47. The fourth-order valence-corrected chi connectivity index (χ4v) is 1.81. The summed E-state index contributed by atoms with van der Waals surface area (Å²) in [6.45, 7) is 0. The van der Waals surface area contributed by atoms with Gasteiger partial charge < -0.3 is 0 Å². The molecule has 0 N–H and O–H groups in total. The molecule has 1 aromatic heterocycles. The molecule has 0 spiro atoms. The largest absolute Gasteiger partial charge is 0.266 e. The highest BCUT2D eigenvalue weighted by molar-refractivity contribution is 14.1. The molecular formula is C8H4F3IN2. The van der Waals surface area contributed by atoms with Crippen molar-refractivity contribution in [2.45, 2.75) is 12.8 Å². The number of pyridine rings is 1. The Kier molecular flexibility index (Phi) is 3.69. The van der Waals surface area contributed by atoms with Crippen molar-refractivity contribution in [1.29, 1.82) is 5.26 Å². The van der Waals surface area contributed by atoms with Crippen LogP contribution in [0.4, 0.5) is 13.2 Å². The molecule has 74 valence electrons. The first-order valence-electron chi connectivity index (χ1n) is 3.56. The highest BCUT2D eigenvalue weighted by Crippen LogP contribution is 2.27. The minimum atomic E-state index is -2.74. The summed E-state index contributed by atoms with van der Waals surface area (Å²) in [6, 6.07) is 2.57. The Hall–Kier alpha value is -0.840. The lowest BCUT2D eigenvalue weighted by molar-refractivity contribution is 0.148. The highest BCUT2D eigenvalue weighted by atomic mass is 127. The van der Waals surface area contributed by atoms with Gasteiger partial charge in [0.1, 0.15) is 3.70 Å². The van der Waals surface area contributed by atoms with Crippen molar-refractivity contribution in [1.82, 2.24) is 4.98 Å². The molecule has 0 saturated heterocycles. The number of rotatable bonds is 2. The number of nitrogens with zero attached hydrogens (tertiary/aromatic N) is 2. The fourth-order valence-electron chi connectivity index (χ4n) is 1.00. The first kappa shape index (κ1) is 11.2. The van der Waals surface area contributed by atoms with Crippen molar-refractivity contribution in [3.63, 3.8) is 0 Å². The van der Waals surface area contributed by atoms with Crippen LogP contribution in [0.15, 0.2) is 6.07 Å². The third-order valence-electron chi connectivity index (χ3n) is 1.55. The standard InChI is InChI=1S/C8H4F3IN2/c9-5-3-4(1-2-13)6(7(10)11)8(12)14-5/h3,7H,1H2. The summed E-state index contributed by atoms with van der Waals surface area (Å²) in [4.78, 5) is 3.27. The molecule has 6 heteroatoms. The zero-order valence-corrected chi connectivity index (χ0v) is 8.93. The topological polar surface area (TPSA) is 36.7 Å². The van der Waals surface area contributed by atoms with Crippen molar-refractivity contribution >= 4 is 22.6 Å². The second kappa shape index (κ2) is 4.59. The number of nitriles is 1. The Morgan fingerprint density at radius 2 is 2.21 bits per heavy atom. The number of aromatic nitrogens is 1. The molecule has 2 nitrogen and oxygen atoms in total. The predicted molar refractivity (Wildman–Crippen MR) is 51.2 cm³/mol. The van der Waals surface area contributed by atoms with Gasteiger partial charge in [-0.3, -0.25) is 0 Å². The van der Waals surface area contributed by atoms with Gasteiger partial charge in [-0.2, -0.15) is 9.65 Å². The molecule has 0 aliphatic rings. The number of hydrogen-bond acceptors (Lipinski definition) is 2. The predicted octanol–water partition coefficient (Wildman–Crippen LogP) is 2.83. The van der Waals surface area contributed by atoms with Crippen molar-refractivity contribution < 1.29 is 13.2 Å². The third-order valence-corrected chi connectivity index (χ3v) is 2.38. The van der Waals surface area contributed by atoms with Crippen molar-refractivity contribution in [3.8, 4) is 6.07 Å². The maximum Gasteiger partial charge on any atom is 0.266 e. The molecule has 0 aliphatic heterocycles. The molecule has 0 unspecified atom stereocenters. The van der Waals surface area contributed by atoms with E-state index < -0.39 is 12.4 Å². The summed E-state index contributed by atoms with van der Waals surface area (Å²) >= 11 is 1.53. The Labute approximate surface area is 91.9 Å². The van der Waals surface area contributed by atoms with Gasteiger partial charge in [-0.1, -0.05) is 0 Å². The van der Waals surface area contributed by atoms with E-state index in [2.05, 4.69) is 4.98 Å². The van der Waals surface area contributed by atoms with Crippen LogP contribution in [0.1, 0.15) is 17.6 Å². The first-order chi connectivity index (χ1) is 6.56. The summed E-state index contributed by atoms with van der Waals surface area (Å²) in [6.07, 6.45) is -2.98. The number of alkyl halides is 2. The molecule has 1 aromatic rings. The minimum absolute atomic E-state index is 0.000556. The quantitative estimate of drug-likeness (QED) is 0.622. The Bertz CT molecular complexity index is 387. The van der Waals surface area contributed by atoms with E-state index in [1.165, 1.54) is 22.6 Å². The van der Waals surface area contributed by atoms with Crippen LogP contribution in [0.3, 0.4) is 0 Å². The van der Waals surface area contributed by atoms with Gasteiger partial charge in [0.2, 0.25) is 5.95 Å².